The number of unbranched alkanes of at least 4 members (excludes halogenated alkanes) is 6. The van der Waals surface area contributed by atoms with Crippen LogP contribution in [-0.2, 0) is 19.1 Å². The summed E-state index contributed by atoms with van der Waals surface area (Å²) in [7, 11) is 0. The van der Waals surface area contributed by atoms with Gasteiger partial charge in [-0.25, -0.2) is 0 Å². The zero-order valence-electron chi connectivity index (χ0n) is 15.8. The second-order valence-corrected chi connectivity index (χ2v) is 6.91. The molecule has 0 saturated carbocycles. The Balaban J connectivity index is 3.97. The van der Waals surface area contributed by atoms with Crippen molar-refractivity contribution in [1.82, 2.24) is 0 Å². The van der Waals surface area contributed by atoms with E-state index >= 15 is 0 Å². The summed E-state index contributed by atoms with van der Waals surface area (Å²) in [6.45, 7) is 5.94. The number of ether oxygens (including phenoxy) is 2. The second kappa shape index (κ2) is 14.3. The molecule has 0 saturated heterocycles. The second-order valence-electron chi connectivity index (χ2n) is 6.91. The first kappa shape index (κ1) is 22.9. The Bertz CT molecular complexity index is 313. The van der Waals surface area contributed by atoms with Crippen molar-refractivity contribution in [2.24, 2.45) is 5.41 Å². The van der Waals surface area contributed by atoms with E-state index < -0.39 is 5.41 Å². The predicted molar refractivity (Wildman–Crippen MR) is 94.6 cm³/mol. The van der Waals surface area contributed by atoms with Crippen molar-refractivity contribution in [1.29, 1.82) is 0 Å². The van der Waals surface area contributed by atoms with Crippen LogP contribution in [0, 0.1) is 5.41 Å². The Morgan fingerprint density at radius 2 is 1.21 bits per heavy atom. The highest BCUT2D eigenvalue weighted by Crippen LogP contribution is 2.18. The number of aliphatic hydroxyl groups excluding tert-OH is 1. The van der Waals surface area contributed by atoms with E-state index in [2.05, 4.69) is 13.8 Å². The van der Waals surface area contributed by atoms with Gasteiger partial charge in [0.2, 0.25) is 0 Å². The summed E-state index contributed by atoms with van der Waals surface area (Å²) in [5.41, 5.74) is -0.738. The summed E-state index contributed by atoms with van der Waals surface area (Å²) in [5.74, 6) is -0.506. The van der Waals surface area contributed by atoms with Gasteiger partial charge in [-0.1, -0.05) is 59.3 Å². The molecule has 0 amide bonds. The van der Waals surface area contributed by atoms with Crippen molar-refractivity contribution in [2.45, 2.75) is 85.0 Å². The Kier molecular flexibility index (Phi) is 13.6. The molecule has 0 aliphatic heterocycles. The lowest BCUT2D eigenvalue weighted by Crippen LogP contribution is -2.35. The minimum Gasteiger partial charge on any atom is -0.465 e. The number of hydrogen-bond donors (Lipinski definition) is 1. The van der Waals surface area contributed by atoms with Crippen molar-refractivity contribution < 1.29 is 24.2 Å². The highest BCUT2D eigenvalue weighted by atomic mass is 16.5. The van der Waals surface area contributed by atoms with Crippen molar-refractivity contribution in [3.63, 3.8) is 0 Å². The summed E-state index contributed by atoms with van der Waals surface area (Å²) < 4.78 is 10.5. The quantitative estimate of drug-likeness (QED) is 0.359. The van der Waals surface area contributed by atoms with Gasteiger partial charge in [0.05, 0.1) is 12.0 Å². The summed E-state index contributed by atoms with van der Waals surface area (Å²) in [6, 6.07) is 0. The molecule has 0 aliphatic carbocycles. The van der Waals surface area contributed by atoms with Gasteiger partial charge in [-0.05, 0) is 12.8 Å². The fourth-order valence-corrected chi connectivity index (χ4v) is 2.18. The molecule has 0 atom stereocenters. The fraction of sp³-hybridized carbons (Fsp3) is 0.895. The van der Waals surface area contributed by atoms with E-state index in [4.69, 9.17) is 9.47 Å². The number of hydrogen-bond acceptors (Lipinski definition) is 5. The summed E-state index contributed by atoms with van der Waals surface area (Å²) >= 11 is 0. The number of aliphatic hydroxyl groups is 1. The van der Waals surface area contributed by atoms with Gasteiger partial charge in [0.15, 0.2) is 0 Å². The van der Waals surface area contributed by atoms with Gasteiger partial charge in [0.25, 0.3) is 0 Å². The van der Waals surface area contributed by atoms with Gasteiger partial charge in [-0.2, -0.15) is 0 Å². The molecule has 0 unspecified atom stereocenters. The zero-order chi connectivity index (χ0) is 18.3. The molecule has 0 spiro atoms. The van der Waals surface area contributed by atoms with E-state index in [9.17, 15) is 14.7 Å². The van der Waals surface area contributed by atoms with Crippen LogP contribution in [0.25, 0.3) is 0 Å². The van der Waals surface area contributed by atoms with Gasteiger partial charge in [0.1, 0.15) is 13.2 Å². The molecule has 0 aromatic rings. The van der Waals surface area contributed by atoms with Gasteiger partial charge in [-0.3, -0.25) is 9.59 Å². The van der Waals surface area contributed by atoms with Crippen molar-refractivity contribution in [3.05, 3.63) is 0 Å². The normalized spacial score (nSPS) is 11.3. The van der Waals surface area contributed by atoms with Gasteiger partial charge in [0, 0.05) is 12.8 Å². The number of carbonyl (C=O) groups excluding carboxylic acids is 2. The molecule has 0 aromatic carbocycles. The van der Waals surface area contributed by atoms with Crippen LogP contribution in [-0.4, -0.2) is 36.9 Å². The van der Waals surface area contributed by atoms with E-state index in [1.807, 2.05) is 0 Å². The highest BCUT2D eigenvalue weighted by molar-refractivity contribution is 5.69. The third-order valence-corrected chi connectivity index (χ3v) is 4.01. The Labute approximate surface area is 147 Å². The SMILES string of the molecule is CCCCCCC(=O)OCC(C)(CO)COC(=O)CCCCCC. The largest absolute Gasteiger partial charge is 0.465 e. The van der Waals surface area contributed by atoms with Crippen LogP contribution < -0.4 is 0 Å². The van der Waals surface area contributed by atoms with Crippen LogP contribution in [0.15, 0.2) is 0 Å². The van der Waals surface area contributed by atoms with E-state index in [1.54, 1.807) is 6.92 Å². The predicted octanol–water partition coefficient (Wildman–Crippen LogP) is 4.01. The van der Waals surface area contributed by atoms with Crippen LogP contribution in [0.3, 0.4) is 0 Å². The lowest BCUT2D eigenvalue weighted by Gasteiger charge is -2.26. The van der Waals surface area contributed by atoms with Gasteiger partial charge in [-0.15, -0.1) is 0 Å². The highest BCUT2D eigenvalue weighted by Gasteiger charge is 2.27. The first-order chi connectivity index (χ1) is 11.5. The van der Waals surface area contributed by atoms with Crippen LogP contribution in [0.5, 0.6) is 0 Å². The summed E-state index contributed by atoms with van der Waals surface area (Å²) in [6.07, 6.45) is 9.01. The van der Waals surface area contributed by atoms with E-state index in [0.29, 0.717) is 12.8 Å². The minimum absolute atomic E-state index is 0.0687. The number of esters is 2. The first-order valence-corrected chi connectivity index (χ1v) is 9.39. The molecule has 0 radical (unpaired) electrons. The third kappa shape index (κ3) is 12.3. The lowest BCUT2D eigenvalue weighted by atomic mass is 9.94. The first-order valence-electron chi connectivity index (χ1n) is 9.39. The van der Waals surface area contributed by atoms with Crippen LogP contribution in [0.1, 0.15) is 85.0 Å². The monoisotopic (exact) mass is 344 g/mol. The van der Waals surface area contributed by atoms with Crippen LogP contribution >= 0.6 is 0 Å². The standard InChI is InChI=1S/C19H36O5/c1-4-6-8-10-12-17(21)23-15-19(3,14-20)16-24-18(22)13-11-9-7-5-2/h20H,4-16H2,1-3H3. The molecular weight excluding hydrogens is 308 g/mol. The van der Waals surface area contributed by atoms with Crippen LogP contribution in [0.2, 0.25) is 0 Å². The van der Waals surface area contributed by atoms with E-state index in [1.165, 1.54) is 0 Å². The zero-order valence-corrected chi connectivity index (χ0v) is 15.8. The molecule has 0 aromatic heterocycles. The molecule has 142 valence electrons. The molecular formula is C19H36O5. The lowest BCUT2D eigenvalue weighted by molar-refractivity contribution is -0.155. The van der Waals surface area contributed by atoms with E-state index in [-0.39, 0.29) is 31.8 Å². The molecule has 0 fully saturated rings. The summed E-state index contributed by atoms with van der Waals surface area (Å²) in [5, 5.41) is 9.52. The smallest absolute Gasteiger partial charge is 0.305 e. The van der Waals surface area contributed by atoms with Crippen molar-refractivity contribution >= 4 is 11.9 Å². The number of carbonyl (C=O) groups is 2. The molecule has 0 aliphatic rings. The number of rotatable bonds is 15. The molecule has 5 heteroatoms. The van der Waals surface area contributed by atoms with E-state index in [0.717, 1.165) is 51.4 Å². The summed E-state index contributed by atoms with van der Waals surface area (Å²) in [4.78, 5) is 23.4. The molecule has 0 heterocycles. The molecule has 0 rings (SSSR count). The maximum atomic E-state index is 11.7. The van der Waals surface area contributed by atoms with Crippen molar-refractivity contribution in [3.8, 4) is 0 Å². The van der Waals surface area contributed by atoms with Gasteiger partial charge >= 0.3 is 11.9 Å². The van der Waals surface area contributed by atoms with Gasteiger partial charge < -0.3 is 14.6 Å². The Hall–Kier alpha value is -1.10. The molecule has 0 bridgehead atoms. The average Bonchev–Trinajstić information content (AvgIpc) is 2.59. The van der Waals surface area contributed by atoms with Crippen LogP contribution in [0.4, 0.5) is 0 Å². The molecule has 5 nitrogen and oxygen atoms in total. The Morgan fingerprint density at radius 3 is 1.54 bits per heavy atom. The maximum Gasteiger partial charge on any atom is 0.305 e. The minimum atomic E-state index is -0.738. The Morgan fingerprint density at radius 1 is 0.792 bits per heavy atom. The third-order valence-electron chi connectivity index (χ3n) is 4.01. The maximum absolute atomic E-state index is 11.7. The molecule has 1 N–H and O–H groups in total. The average molecular weight is 344 g/mol. The van der Waals surface area contributed by atoms with Crippen molar-refractivity contribution in [2.75, 3.05) is 19.8 Å². The fourth-order valence-electron chi connectivity index (χ4n) is 2.18. The topological polar surface area (TPSA) is 72.8 Å². The molecule has 24 heavy (non-hydrogen) atoms.